The van der Waals surface area contributed by atoms with Gasteiger partial charge in [0.15, 0.2) is 0 Å². The van der Waals surface area contributed by atoms with Gasteiger partial charge in [-0.15, -0.1) is 0 Å². The average molecular weight is 1100 g/mol. The van der Waals surface area contributed by atoms with Crippen molar-refractivity contribution in [2.75, 3.05) is 0 Å². The van der Waals surface area contributed by atoms with Gasteiger partial charge in [-0.3, -0.25) is 10.6 Å². The van der Waals surface area contributed by atoms with Crippen LogP contribution in [0.5, 0.6) is 0 Å². The highest BCUT2D eigenvalue weighted by Crippen LogP contribution is 2.42. The van der Waals surface area contributed by atoms with Crippen molar-refractivity contribution in [3.8, 4) is 33.4 Å². The zero-order chi connectivity index (χ0) is 56.0. The normalized spacial score (nSPS) is 23.9. The summed E-state index contributed by atoms with van der Waals surface area (Å²) in [5, 5.41) is 16.1. The van der Waals surface area contributed by atoms with Gasteiger partial charge in [-0.05, 0) is 167 Å². The minimum Gasteiger partial charge on any atom is -0.354 e. The van der Waals surface area contributed by atoms with Gasteiger partial charge in [0, 0.05) is 23.0 Å². The largest absolute Gasteiger partial charge is 0.354 e. The third kappa shape index (κ3) is 11.4. The van der Waals surface area contributed by atoms with E-state index >= 15 is 0 Å². The van der Waals surface area contributed by atoms with Gasteiger partial charge in [0.2, 0.25) is 0 Å². The molecule has 0 radical (unpaired) electrons. The molecule has 416 valence electrons. The van der Waals surface area contributed by atoms with Gasteiger partial charge in [0.1, 0.15) is 30.2 Å². The second kappa shape index (κ2) is 24.6. The number of benzene rings is 7. The van der Waals surface area contributed by atoms with Crippen LogP contribution in [0.3, 0.4) is 0 Å². The molecule has 0 spiro atoms. The summed E-state index contributed by atoms with van der Waals surface area (Å²) < 4.78 is 0. The molecule has 7 aromatic carbocycles. The lowest BCUT2D eigenvalue weighted by molar-refractivity contribution is 0.296. The van der Waals surface area contributed by atoms with Crippen LogP contribution in [0.1, 0.15) is 134 Å². The Hall–Kier alpha value is -8.68. The fourth-order valence-electron chi connectivity index (χ4n) is 14.0. The maximum Gasteiger partial charge on any atom is 0.132 e. The number of hydrogen-bond acceptors (Lipinski definition) is 6. The smallest absolute Gasteiger partial charge is 0.132 e. The molecule has 2 heterocycles. The summed E-state index contributed by atoms with van der Waals surface area (Å²) >= 11 is 0. The number of aliphatic imine (C=N–C) groups is 2. The molecule has 7 unspecified atom stereocenters. The third-order valence-electron chi connectivity index (χ3n) is 18.3. The number of rotatable bonds is 13. The van der Waals surface area contributed by atoms with Crippen LogP contribution in [-0.4, -0.2) is 17.8 Å². The molecule has 6 nitrogen and oxygen atoms in total. The lowest BCUT2D eigenvalue weighted by Gasteiger charge is -2.39. The molecule has 5 aliphatic carbocycles. The molecule has 84 heavy (non-hydrogen) atoms. The molecule has 7 aliphatic rings. The van der Waals surface area contributed by atoms with Crippen LogP contribution in [0.2, 0.25) is 0 Å². The zero-order valence-corrected chi connectivity index (χ0v) is 47.9. The summed E-state index contributed by atoms with van der Waals surface area (Å²) in [6.45, 7) is 0. The predicted octanol–water partition coefficient (Wildman–Crippen LogP) is 18.2. The molecule has 0 saturated heterocycles. The van der Waals surface area contributed by atoms with Crippen molar-refractivity contribution in [2.45, 2.75) is 101 Å². The Labute approximate surface area is 496 Å². The number of allylic oxidation sites excluding steroid dienone is 14. The predicted molar refractivity (Wildman–Crippen MR) is 350 cm³/mol. The Morgan fingerprint density at radius 2 is 1.06 bits per heavy atom. The van der Waals surface area contributed by atoms with E-state index in [0.29, 0.717) is 11.8 Å². The number of nitrogens with zero attached hydrogens (tertiary/aromatic N) is 2. The molecule has 6 heteroatoms. The second-order valence-corrected chi connectivity index (χ2v) is 23.7. The van der Waals surface area contributed by atoms with Crippen molar-refractivity contribution in [3.63, 3.8) is 0 Å². The molecule has 7 atom stereocenters. The van der Waals surface area contributed by atoms with Crippen LogP contribution in [0.25, 0.3) is 44.5 Å². The summed E-state index contributed by atoms with van der Waals surface area (Å²) in [6, 6.07) is 64.9. The molecular formula is C78H74N6. The molecule has 4 N–H and O–H groups in total. The average Bonchev–Trinajstić information content (AvgIpc) is 3.44. The van der Waals surface area contributed by atoms with Gasteiger partial charge in [-0.25, -0.2) is 9.98 Å². The van der Waals surface area contributed by atoms with Crippen molar-refractivity contribution < 1.29 is 0 Å². The van der Waals surface area contributed by atoms with E-state index < -0.39 is 0 Å². The van der Waals surface area contributed by atoms with Gasteiger partial charge < -0.3 is 10.6 Å². The maximum atomic E-state index is 5.60. The Balaban J connectivity index is 0.744. The van der Waals surface area contributed by atoms with Crippen LogP contribution in [0.4, 0.5) is 0 Å². The van der Waals surface area contributed by atoms with Crippen molar-refractivity contribution in [2.24, 2.45) is 21.8 Å². The van der Waals surface area contributed by atoms with E-state index in [1.807, 2.05) is 0 Å². The van der Waals surface area contributed by atoms with E-state index in [0.717, 1.165) is 80.6 Å². The van der Waals surface area contributed by atoms with Crippen LogP contribution >= 0.6 is 0 Å². The van der Waals surface area contributed by atoms with Gasteiger partial charge in [-0.2, -0.15) is 0 Å². The SMILES string of the molecule is C1=CCCC(c2ccccc2C2=NC(c3ccccc3C3=CC=CCC3)NC(C3C=CCC(c4cccc(-c5cccc(-c6cccc(C7N=C(C8=CC=CCC8C8=CCCCC8)NC(c8ccccc8-c8ccccc8)N7)c6)c5)c4)C3)N2)=C1. The first-order chi connectivity index (χ1) is 41.6. The zero-order valence-electron chi connectivity index (χ0n) is 47.9. The molecule has 0 amide bonds. The highest BCUT2D eigenvalue weighted by Gasteiger charge is 2.35. The van der Waals surface area contributed by atoms with Crippen molar-refractivity contribution in [3.05, 3.63) is 299 Å². The topological polar surface area (TPSA) is 72.8 Å². The van der Waals surface area contributed by atoms with Crippen LogP contribution < -0.4 is 21.3 Å². The number of nitrogens with one attached hydrogen (secondary N) is 4. The first-order valence-corrected chi connectivity index (χ1v) is 30.9. The molecule has 0 saturated carbocycles. The summed E-state index contributed by atoms with van der Waals surface area (Å²) in [7, 11) is 0. The van der Waals surface area contributed by atoms with E-state index in [9.17, 15) is 0 Å². The van der Waals surface area contributed by atoms with Crippen LogP contribution in [0.15, 0.2) is 270 Å². The first-order valence-electron chi connectivity index (χ1n) is 30.9. The molecular weight excluding hydrogens is 1020 g/mol. The van der Waals surface area contributed by atoms with Gasteiger partial charge in [-0.1, -0.05) is 242 Å². The second-order valence-electron chi connectivity index (χ2n) is 23.7. The number of amidine groups is 2. The standard InChI is InChI=1S/C78H74N6/c1-5-25-53(26-6-1)65-41-13-17-45-69(65)75-79-73(80-76(83-75)70-46-18-14-42-66(70)54-27-7-2-8-28-54)63-39-23-37-61(51-63)59-35-21-33-57(49-59)58-34-22-36-60(50-58)62-38-24-40-64(52-62)74-81-77(71-47-19-15-43-67(71)55-29-9-3-10-30-55)84-78(82-74)72-48-20-16-44-68(72)56-31-11-4-12-32-56/h1-3,5,7,9-10,13-25,27,29-31,33-36,38-43,45-50,52,61,63,68,73-75,77,79,81H,4,6,8,11-12,26,28,32,37,44,51H2,(H,80,83)(H,82,84). The molecule has 7 aromatic rings. The van der Waals surface area contributed by atoms with Gasteiger partial charge >= 0.3 is 0 Å². The molecule has 0 fully saturated rings. The summed E-state index contributed by atoms with van der Waals surface area (Å²) in [5.74, 6) is 2.83. The van der Waals surface area contributed by atoms with Crippen molar-refractivity contribution in [1.82, 2.24) is 21.3 Å². The summed E-state index contributed by atoms with van der Waals surface area (Å²) in [5.41, 5.74) is 21.5. The van der Waals surface area contributed by atoms with Crippen LogP contribution in [-0.2, 0) is 0 Å². The maximum absolute atomic E-state index is 5.60. The van der Waals surface area contributed by atoms with Gasteiger partial charge in [0.25, 0.3) is 0 Å². The Morgan fingerprint density at radius 1 is 0.429 bits per heavy atom. The monoisotopic (exact) mass is 1090 g/mol. The van der Waals surface area contributed by atoms with Gasteiger partial charge in [0.05, 0.1) is 6.17 Å². The fourth-order valence-corrected chi connectivity index (χ4v) is 14.0. The van der Waals surface area contributed by atoms with E-state index in [2.05, 4.69) is 270 Å². The molecule has 14 rings (SSSR count). The first kappa shape index (κ1) is 53.3. The Morgan fingerprint density at radius 3 is 1.81 bits per heavy atom. The Bertz CT molecular complexity index is 3900. The summed E-state index contributed by atoms with van der Waals surface area (Å²) in [6.07, 6.45) is 39.1. The van der Waals surface area contributed by atoms with Crippen molar-refractivity contribution >= 4 is 22.8 Å². The lowest BCUT2D eigenvalue weighted by Crippen LogP contribution is -2.55. The Kier molecular flexibility index (Phi) is 15.6. The fraction of sp³-hybridized carbons (Fsp3) is 0.231. The molecule has 0 aromatic heterocycles. The summed E-state index contributed by atoms with van der Waals surface area (Å²) in [4.78, 5) is 11.2. The third-order valence-corrected chi connectivity index (χ3v) is 18.3. The van der Waals surface area contributed by atoms with E-state index in [4.69, 9.17) is 9.98 Å². The van der Waals surface area contributed by atoms with E-state index in [1.165, 1.54) is 90.8 Å². The van der Waals surface area contributed by atoms with Crippen molar-refractivity contribution in [1.29, 1.82) is 0 Å². The van der Waals surface area contributed by atoms with E-state index in [1.54, 1.807) is 5.57 Å². The minimum absolute atomic E-state index is 0.0373. The highest BCUT2D eigenvalue weighted by atomic mass is 15.3. The molecule has 2 aliphatic heterocycles. The van der Waals surface area contributed by atoms with E-state index in [-0.39, 0.29) is 30.6 Å². The van der Waals surface area contributed by atoms with Crippen LogP contribution in [0, 0.1) is 11.8 Å². The number of hydrogen-bond donors (Lipinski definition) is 4. The quantitative estimate of drug-likeness (QED) is 0.0869. The molecule has 0 bridgehead atoms. The highest BCUT2D eigenvalue weighted by molar-refractivity contribution is 6.04. The lowest BCUT2D eigenvalue weighted by atomic mass is 9.79. The minimum atomic E-state index is -0.278.